The van der Waals surface area contributed by atoms with Gasteiger partial charge in [-0.3, -0.25) is 9.59 Å². The third kappa shape index (κ3) is 11.9. The first-order chi connectivity index (χ1) is 6.70. The molecule has 4 nitrogen and oxygen atoms in total. The second-order valence-corrected chi connectivity index (χ2v) is 2.82. The molecule has 15 heavy (non-hydrogen) atoms. The fraction of sp³-hybridized carbons (Fsp3) is 0.800. The normalized spacial score (nSPS) is 8.93. The van der Waals surface area contributed by atoms with Crippen molar-refractivity contribution >= 4 is 11.9 Å². The van der Waals surface area contributed by atoms with E-state index in [4.69, 9.17) is 9.47 Å². The van der Waals surface area contributed by atoms with Crippen LogP contribution in [0.25, 0.3) is 0 Å². The molecule has 0 heterocycles. The van der Waals surface area contributed by atoms with Crippen LogP contribution in [-0.2, 0) is 19.1 Å². The molecule has 0 aliphatic rings. The van der Waals surface area contributed by atoms with E-state index in [2.05, 4.69) is 0 Å². The summed E-state index contributed by atoms with van der Waals surface area (Å²) in [5.74, 6) is -0.396. The summed E-state index contributed by atoms with van der Waals surface area (Å²) in [4.78, 5) is 21.8. The third-order valence-electron chi connectivity index (χ3n) is 1.62. The van der Waals surface area contributed by atoms with Gasteiger partial charge in [-0.2, -0.15) is 0 Å². The van der Waals surface area contributed by atoms with Gasteiger partial charge < -0.3 is 10.9 Å². The summed E-state index contributed by atoms with van der Waals surface area (Å²) >= 11 is 0. The Morgan fingerprint density at radius 3 is 1.53 bits per heavy atom. The smallest absolute Gasteiger partial charge is 1.00 e. The summed E-state index contributed by atoms with van der Waals surface area (Å²) < 4.78 is 9.48. The molecule has 0 aliphatic carbocycles. The molecule has 0 bridgehead atoms. The van der Waals surface area contributed by atoms with Crippen LogP contribution in [0.1, 0.15) is 41.0 Å². The largest absolute Gasteiger partial charge is 1.00 e. The Bertz CT molecular complexity index is 168. The van der Waals surface area contributed by atoms with Crippen LogP contribution >= 0.6 is 0 Å². The number of hydrogen-bond donors (Lipinski definition) is 0. The number of esters is 2. The molecule has 0 saturated heterocycles. The third-order valence-corrected chi connectivity index (χ3v) is 1.62. The SMILES string of the molecule is CCOC(=O)CCCCC(=O)OCC.[H-].[Na+]. The summed E-state index contributed by atoms with van der Waals surface area (Å²) in [6.07, 6.45) is 2.12. The fourth-order valence-corrected chi connectivity index (χ4v) is 1.00. The number of rotatable bonds is 7. The van der Waals surface area contributed by atoms with Gasteiger partial charge in [0.1, 0.15) is 0 Å². The summed E-state index contributed by atoms with van der Waals surface area (Å²) in [5.41, 5.74) is 0. The van der Waals surface area contributed by atoms with Crippen LogP contribution in [0.15, 0.2) is 0 Å². The van der Waals surface area contributed by atoms with Crippen LogP contribution in [-0.4, -0.2) is 25.2 Å². The first-order valence-corrected chi connectivity index (χ1v) is 5.02. The van der Waals surface area contributed by atoms with Gasteiger partial charge in [0.05, 0.1) is 13.2 Å². The van der Waals surface area contributed by atoms with Crippen LogP contribution < -0.4 is 29.6 Å². The molecule has 0 amide bonds. The minimum absolute atomic E-state index is 0. The van der Waals surface area contributed by atoms with Crippen molar-refractivity contribution in [1.82, 2.24) is 0 Å². The van der Waals surface area contributed by atoms with E-state index in [-0.39, 0.29) is 42.9 Å². The molecular weight excluding hydrogens is 207 g/mol. The number of carbonyl (C=O) groups excluding carboxylic acids is 2. The zero-order chi connectivity index (χ0) is 10.8. The van der Waals surface area contributed by atoms with E-state index in [9.17, 15) is 9.59 Å². The second-order valence-electron chi connectivity index (χ2n) is 2.82. The molecule has 0 fully saturated rings. The van der Waals surface area contributed by atoms with Crippen molar-refractivity contribution in [3.8, 4) is 0 Å². The minimum atomic E-state index is -0.198. The van der Waals surface area contributed by atoms with Gasteiger partial charge in [0.15, 0.2) is 0 Å². The van der Waals surface area contributed by atoms with Crippen molar-refractivity contribution in [3.63, 3.8) is 0 Å². The Morgan fingerprint density at radius 2 is 1.27 bits per heavy atom. The van der Waals surface area contributed by atoms with Crippen LogP contribution in [0.3, 0.4) is 0 Å². The maximum atomic E-state index is 10.9. The van der Waals surface area contributed by atoms with Crippen molar-refractivity contribution in [3.05, 3.63) is 0 Å². The molecular formula is C10H19NaO4. The van der Waals surface area contributed by atoms with Crippen LogP contribution in [0.5, 0.6) is 0 Å². The van der Waals surface area contributed by atoms with Gasteiger partial charge in [0.25, 0.3) is 0 Å². The van der Waals surface area contributed by atoms with Crippen molar-refractivity contribution in [2.45, 2.75) is 39.5 Å². The van der Waals surface area contributed by atoms with Crippen molar-refractivity contribution < 1.29 is 50.0 Å². The van der Waals surface area contributed by atoms with Crippen LogP contribution in [0.2, 0.25) is 0 Å². The van der Waals surface area contributed by atoms with Gasteiger partial charge in [-0.05, 0) is 26.7 Å². The molecule has 0 radical (unpaired) electrons. The van der Waals surface area contributed by atoms with E-state index in [1.54, 1.807) is 13.8 Å². The topological polar surface area (TPSA) is 52.6 Å². The number of ether oxygens (including phenoxy) is 2. The van der Waals surface area contributed by atoms with E-state index in [0.717, 1.165) is 0 Å². The molecule has 0 aromatic carbocycles. The molecule has 0 aromatic heterocycles. The molecule has 0 N–H and O–H groups in total. The predicted molar refractivity (Wildman–Crippen MR) is 52.8 cm³/mol. The summed E-state index contributed by atoms with van der Waals surface area (Å²) in [7, 11) is 0. The van der Waals surface area contributed by atoms with Gasteiger partial charge in [-0.15, -0.1) is 0 Å². The molecule has 0 unspecified atom stereocenters. The van der Waals surface area contributed by atoms with Gasteiger partial charge in [0, 0.05) is 12.8 Å². The second kappa shape index (κ2) is 12.0. The predicted octanol–water partition coefficient (Wildman–Crippen LogP) is -1.21. The Balaban J connectivity index is -0.000000845. The average molecular weight is 226 g/mol. The molecule has 0 saturated carbocycles. The average Bonchev–Trinajstić information content (AvgIpc) is 2.13. The number of unbranched alkanes of at least 4 members (excludes halogenated alkanes) is 1. The van der Waals surface area contributed by atoms with E-state index in [1.165, 1.54) is 0 Å². The van der Waals surface area contributed by atoms with E-state index < -0.39 is 0 Å². The molecule has 84 valence electrons. The number of hydrogen-bond acceptors (Lipinski definition) is 4. The Hall–Kier alpha value is -0.0600. The summed E-state index contributed by atoms with van der Waals surface area (Å²) in [5, 5.41) is 0. The molecule has 0 aromatic rings. The fourth-order valence-electron chi connectivity index (χ4n) is 1.00. The van der Waals surface area contributed by atoms with Crippen molar-refractivity contribution in [1.29, 1.82) is 0 Å². The van der Waals surface area contributed by atoms with Gasteiger partial charge in [0.2, 0.25) is 0 Å². The summed E-state index contributed by atoms with van der Waals surface area (Å²) in [6.45, 7) is 4.38. The zero-order valence-electron chi connectivity index (χ0n) is 10.9. The summed E-state index contributed by atoms with van der Waals surface area (Å²) in [6, 6.07) is 0. The van der Waals surface area contributed by atoms with Crippen LogP contribution in [0.4, 0.5) is 0 Å². The standard InChI is InChI=1S/C10H18O4.Na.H/c1-3-13-9(11)7-5-6-8-10(12)14-4-2;;/h3-8H2,1-2H3;;/q;+1;-1. The molecule has 0 aliphatic heterocycles. The Morgan fingerprint density at radius 1 is 0.933 bits per heavy atom. The molecule has 0 atom stereocenters. The van der Waals surface area contributed by atoms with E-state index in [0.29, 0.717) is 38.9 Å². The number of carbonyl (C=O) groups is 2. The van der Waals surface area contributed by atoms with E-state index in [1.807, 2.05) is 0 Å². The molecule has 0 rings (SSSR count). The zero-order valence-corrected chi connectivity index (χ0v) is 11.9. The Kier molecular flexibility index (Phi) is 13.9. The van der Waals surface area contributed by atoms with Crippen LogP contribution in [0, 0.1) is 0 Å². The quantitative estimate of drug-likeness (QED) is 0.310. The maximum Gasteiger partial charge on any atom is 1.00 e. The molecule has 0 spiro atoms. The minimum Gasteiger partial charge on any atom is -1.00 e. The van der Waals surface area contributed by atoms with Crippen molar-refractivity contribution in [2.75, 3.05) is 13.2 Å². The Labute approximate surface area is 114 Å². The molecule has 5 heteroatoms. The van der Waals surface area contributed by atoms with Gasteiger partial charge in [-0.1, -0.05) is 0 Å². The van der Waals surface area contributed by atoms with Gasteiger partial charge in [-0.25, -0.2) is 0 Å². The van der Waals surface area contributed by atoms with Gasteiger partial charge >= 0.3 is 41.5 Å². The first kappa shape index (κ1) is 17.3. The maximum absolute atomic E-state index is 10.9. The van der Waals surface area contributed by atoms with E-state index >= 15 is 0 Å². The first-order valence-electron chi connectivity index (χ1n) is 5.02. The van der Waals surface area contributed by atoms with Crippen molar-refractivity contribution in [2.24, 2.45) is 0 Å². The monoisotopic (exact) mass is 226 g/mol.